The molecule has 11 rings (SSSR count). The lowest BCUT2D eigenvalue weighted by molar-refractivity contribution is 0.446. The lowest BCUT2D eigenvalue weighted by atomic mass is 9.78. The van der Waals surface area contributed by atoms with Crippen LogP contribution in [0, 0.1) is 0 Å². The van der Waals surface area contributed by atoms with E-state index in [1.165, 1.54) is 38.9 Å². The van der Waals surface area contributed by atoms with Gasteiger partial charge in [0.2, 0.25) is 0 Å². The van der Waals surface area contributed by atoms with Gasteiger partial charge in [0, 0.05) is 33.9 Å². The molecule has 0 amide bonds. The third-order valence-electron chi connectivity index (χ3n) is 15.2. The molecule has 0 fully saturated rings. The maximum Gasteiger partial charge on any atom is 0.149 e. The largest absolute Gasteiger partial charge is 0.507 e. The smallest absolute Gasteiger partial charge is 0.149 e. The van der Waals surface area contributed by atoms with Crippen LogP contribution in [-0.4, -0.2) is 19.6 Å². The Bertz CT molecular complexity index is 3740. The van der Waals surface area contributed by atoms with Gasteiger partial charge >= 0.3 is 0 Å². The van der Waals surface area contributed by atoms with Crippen molar-refractivity contribution in [3.63, 3.8) is 0 Å². The van der Waals surface area contributed by atoms with E-state index < -0.39 is 0 Å². The van der Waals surface area contributed by atoms with Gasteiger partial charge in [0.25, 0.3) is 0 Å². The van der Waals surface area contributed by atoms with Crippen molar-refractivity contribution < 1.29 is 5.11 Å². The number of imidazole rings is 1. The van der Waals surface area contributed by atoms with Gasteiger partial charge in [0.05, 0.1) is 28.0 Å². The summed E-state index contributed by atoms with van der Waals surface area (Å²) >= 11 is 0. The molecule has 0 aliphatic heterocycles. The van der Waals surface area contributed by atoms with Gasteiger partial charge in [-0.05, 0) is 132 Å². The molecule has 0 bridgehead atoms. The number of hydrogen-bond acceptors (Lipinski definition) is 3. The zero-order valence-corrected chi connectivity index (χ0v) is 44.2. The molecule has 0 saturated heterocycles. The molecule has 0 radical (unpaired) electrons. The molecule has 0 saturated carbocycles. The molecular formula is C69H65N3O. The zero-order valence-electron chi connectivity index (χ0n) is 44.2. The van der Waals surface area contributed by atoms with Crippen molar-refractivity contribution in [2.45, 2.75) is 97.8 Å². The van der Waals surface area contributed by atoms with Crippen LogP contribution in [0.2, 0.25) is 0 Å². The molecule has 0 spiro atoms. The Morgan fingerprint density at radius 3 is 1.67 bits per heavy atom. The van der Waals surface area contributed by atoms with Gasteiger partial charge in [0.1, 0.15) is 11.6 Å². The van der Waals surface area contributed by atoms with Gasteiger partial charge in [-0.15, -0.1) is 0 Å². The topological polar surface area (TPSA) is 50.9 Å². The molecular weight excluding hydrogens is 887 g/mol. The Morgan fingerprint density at radius 1 is 0.438 bits per heavy atom. The molecule has 1 aliphatic carbocycles. The highest BCUT2D eigenvalue weighted by molar-refractivity contribution is 6.01. The summed E-state index contributed by atoms with van der Waals surface area (Å²) in [5.74, 6) is 0.951. The number of phenolic OH excluding ortho intramolecular Hbond substituents is 1. The molecule has 8 aromatic carbocycles. The summed E-state index contributed by atoms with van der Waals surface area (Å²) in [7, 11) is 0. The van der Waals surface area contributed by atoms with Crippen molar-refractivity contribution in [1.82, 2.24) is 14.5 Å². The van der Waals surface area contributed by atoms with E-state index in [1.807, 2.05) is 6.20 Å². The highest BCUT2D eigenvalue weighted by atomic mass is 16.3. The van der Waals surface area contributed by atoms with E-state index in [1.54, 1.807) is 0 Å². The van der Waals surface area contributed by atoms with Gasteiger partial charge in [0.15, 0.2) is 0 Å². The first-order valence-electron chi connectivity index (χ1n) is 25.8. The number of fused-ring (bicyclic) bond motifs is 4. The molecule has 73 heavy (non-hydrogen) atoms. The van der Waals surface area contributed by atoms with Gasteiger partial charge in [-0.2, -0.15) is 0 Å². The monoisotopic (exact) mass is 952 g/mol. The maximum absolute atomic E-state index is 12.8. The SMILES string of the molecule is CC(C)(C)c1ccc(-n2c(-c3cc(C(C)(C)C)cc(C(C)(C)C)c3O)nc3c(-c4cc(-c5cc(-c6ccc(-c7ccccc7)cc6)ccn5)cc5c4C(C)(C)c4ccccc4-5)cccc32)c(-c2ccccc2)c1. The number of benzene rings is 8. The summed E-state index contributed by atoms with van der Waals surface area (Å²) in [6, 6.07) is 65.9. The summed E-state index contributed by atoms with van der Waals surface area (Å²) in [5.41, 5.74) is 21.8. The van der Waals surface area contributed by atoms with Crippen molar-refractivity contribution in [2.75, 3.05) is 0 Å². The minimum absolute atomic E-state index is 0.0901. The van der Waals surface area contributed by atoms with Crippen LogP contribution in [0.4, 0.5) is 0 Å². The summed E-state index contributed by atoms with van der Waals surface area (Å²) in [4.78, 5) is 10.9. The van der Waals surface area contributed by atoms with E-state index in [-0.39, 0.29) is 27.4 Å². The molecule has 4 heteroatoms. The van der Waals surface area contributed by atoms with E-state index in [9.17, 15) is 5.11 Å². The highest BCUT2D eigenvalue weighted by Gasteiger charge is 2.39. The van der Waals surface area contributed by atoms with Crippen molar-refractivity contribution in [3.8, 4) is 89.7 Å². The number of nitrogens with zero attached hydrogens (tertiary/aromatic N) is 3. The van der Waals surface area contributed by atoms with Gasteiger partial charge in [-0.25, -0.2) is 4.98 Å². The second kappa shape index (κ2) is 17.4. The number of hydrogen-bond donors (Lipinski definition) is 1. The second-order valence-corrected chi connectivity index (χ2v) is 23.7. The lowest BCUT2D eigenvalue weighted by Crippen LogP contribution is -2.17. The molecule has 4 nitrogen and oxygen atoms in total. The fourth-order valence-corrected chi connectivity index (χ4v) is 11.1. The average molecular weight is 952 g/mol. The fraction of sp³-hybridized carbons (Fsp3) is 0.217. The molecule has 1 N–H and O–H groups in total. The number of rotatable bonds is 7. The van der Waals surface area contributed by atoms with Crippen LogP contribution in [0.25, 0.3) is 95.0 Å². The predicted octanol–water partition coefficient (Wildman–Crippen LogP) is 18.3. The zero-order chi connectivity index (χ0) is 51.2. The normalized spacial score (nSPS) is 13.3. The number of aromatic hydroxyl groups is 1. The molecule has 2 aromatic heterocycles. The van der Waals surface area contributed by atoms with Crippen LogP contribution in [-0.2, 0) is 21.7 Å². The van der Waals surface area contributed by atoms with Crippen LogP contribution in [0.5, 0.6) is 5.75 Å². The van der Waals surface area contributed by atoms with E-state index in [2.05, 4.69) is 263 Å². The number of phenols is 1. The third-order valence-corrected chi connectivity index (χ3v) is 15.2. The summed E-state index contributed by atoms with van der Waals surface area (Å²) in [6.45, 7) is 24.8. The van der Waals surface area contributed by atoms with Crippen molar-refractivity contribution >= 4 is 11.0 Å². The van der Waals surface area contributed by atoms with Crippen LogP contribution in [0.3, 0.4) is 0 Å². The van der Waals surface area contributed by atoms with Crippen molar-refractivity contribution in [3.05, 3.63) is 216 Å². The van der Waals surface area contributed by atoms with E-state index in [4.69, 9.17) is 9.97 Å². The Morgan fingerprint density at radius 2 is 1.01 bits per heavy atom. The van der Waals surface area contributed by atoms with Crippen LogP contribution >= 0.6 is 0 Å². The van der Waals surface area contributed by atoms with Crippen molar-refractivity contribution in [2.24, 2.45) is 0 Å². The lowest BCUT2D eigenvalue weighted by Gasteiger charge is -2.28. The first-order chi connectivity index (χ1) is 34.8. The summed E-state index contributed by atoms with van der Waals surface area (Å²) in [5, 5.41) is 12.8. The molecule has 0 atom stereocenters. The molecule has 0 unspecified atom stereocenters. The third kappa shape index (κ3) is 8.37. The average Bonchev–Trinajstić information content (AvgIpc) is 3.88. The molecule has 1 aliphatic rings. The number of aromatic nitrogens is 3. The van der Waals surface area contributed by atoms with Gasteiger partial charge in [-0.1, -0.05) is 210 Å². The highest BCUT2D eigenvalue weighted by Crippen LogP contribution is 2.55. The molecule has 362 valence electrons. The van der Waals surface area contributed by atoms with Crippen LogP contribution in [0.15, 0.2) is 188 Å². The van der Waals surface area contributed by atoms with Gasteiger partial charge < -0.3 is 5.11 Å². The van der Waals surface area contributed by atoms with E-state index in [0.717, 1.165) is 72.5 Å². The maximum atomic E-state index is 12.8. The number of para-hydroxylation sites is 1. The van der Waals surface area contributed by atoms with Gasteiger partial charge in [-0.3, -0.25) is 9.55 Å². The Kier molecular flexibility index (Phi) is 11.4. The van der Waals surface area contributed by atoms with Crippen molar-refractivity contribution in [1.29, 1.82) is 0 Å². The minimum atomic E-state index is -0.343. The second-order valence-electron chi connectivity index (χ2n) is 23.7. The fourth-order valence-electron chi connectivity index (χ4n) is 11.1. The summed E-state index contributed by atoms with van der Waals surface area (Å²) < 4.78 is 2.32. The first-order valence-corrected chi connectivity index (χ1v) is 25.8. The summed E-state index contributed by atoms with van der Waals surface area (Å²) in [6.07, 6.45) is 1.94. The van der Waals surface area contributed by atoms with Crippen LogP contribution < -0.4 is 0 Å². The molecule has 2 heterocycles. The van der Waals surface area contributed by atoms with E-state index in [0.29, 0.717) is 11.4 Å². The minimum Gasteiger partial charge on any atom is -0.507 e. The Balaban J connectivity index is 1.20. The number of pyridine rings is 1. The Hall–Kier alpha value is -7.82. The Labute approximate surface area is 432 Å². The quantitative estimate of drug-likeness (QED) is 0.173. The first kappa shape index (κ1) is 47.5. The standard InChI is InChI=1S/C69H65N3O/c1-66(2,3)49-33-34-60(53(40-49)46-23-16-13-17-24-46)72-61-28-20-26-52(63(61)71-65(72)56-41-50(67(4,5)6)42-58(64(56)73)68(7,8)9)55-38-48(37-54-51-25-18-19-27-57(51)69(10,11)62(54)55)59-39-47(35-36-70-59)45-31-29-44(30-32-45)43-21-14-12-15-22-43/h12-42,73H,1-11H3. The van der Waals surface area contributed by atoms with E-state index >= 15 is 0 Å². The van der Waals surface area contributed by atoms with Crippen LogP contribution in [0.1, 0.15) is 104 Å². The predicted molar refractivity (Wildman–Crippen MR) is 307 cm³/mol. The molecule has 10 aromatic rings.